The standard InChI is InChI=1S/C23H23F7N2O/c1-3-13-11-16(21(24,22(25,26)27)23(28,29)30)9-12(2)19(13)32-20(33)15-7-8-17-14(10-15)5-4-6-18(17)31/h7-11,18H,3-6,31H2,1-2H3,(H,32,33). The number of hydrogen-bond acceptors (Lipinski definition) is 2. The summed E-state index contributed by atoms with van der Waals surface area (Å²) in [6.45, 7) is 2.70. The first-order valence-electron chi connectivity index (χ1n) is 10.4. The number of fused-ring (bicyclic) bond motifs is 1. The minimum absolute atomic E-state index is 0.0326. The lowest BCUT2D eigenvalue weighted by Crippen LogP contribution is -2.50. The molecule has 2 aromatic rings. The molecule has 180 valence electrons. The topological polar surface area (TPSA) is 55.1 Å². The number of carbonyl (C=O) groups is 1. The summed E-state index contributed by atoms with van der Waals surface area (Å²) in [7, 11) is 0. The Hall–Kier alpha value is -2.62. The van der Waals surface area contributed by atoms with Gasteiger partial charge in [0.2, 0.25) is 0 Å². The molecular formula is C23H23F7N2O. The van der Waals surface area contributed by atoms with Crippen LogP contribution < -0.4 is 11.1 Å². The van der Waals surface area contributed by atoms with Gasteiger partial charge in [0.15, 0.2) is 0 Å². The van der Waals surface area contributed by atoms with Gasteiger partial charge in [0.05, 0.1) is 0 Å². The van der Waals surface area contributed by atoms with Crippen LogP contribution in [-0.4, -0.2) is 18.3 Å². The maximum absolute atomic E-state index is 14.5. The number of anilines is 1. The summed E-state index contributed by atoms with van der Waals surface area (Å²) < 4.78 is 93.6. The molecular weight excluding hydrogens is 453 g/mol. The Morgan fingerprint density at radius 1 is 1.06 bits per heavy atom. The van der Waals surface area contributed by atoms with Crippen molar-refractivity contribution in [2.75, 3.05) is 5.32 Å². The highest BCUT2D eigenvalue weighted by molar-refractivity contribution is 6.05. The summed E-state index contributed by atoms with van der Waals surface area (Å²) in [5.41, 5.74) is 0.983. The first kappa shape index (κ1) is 25.0. The molecule has 0 saturated heterocycles. The number of hydrogen-bond donors (Lipinski definition) is 2. The molecule has 0 saturated carbocycles. The second-order valence-corrected chi connectivity index (χ2v) is 8.20. The van der Waals surface area contributed by atoms with E-state index in [2.05, 4.69) is 5.32 Å². The highest BCUT2D eigenvalue weighted by atomic mass is 19.4. The maximum atomic E-state index is 14.5. The molecule has 2 aromatic carbocycles. The normalized spacial score (nSPS) is 17.0. The molecule has 0 aromatic heterocycles. The number of amides is 1. The SMILES string of the molecule is CCc1cc(C(F)(C(F)(F)F)C(F)(F)F)cc(C)c1NC(=O)c1ccc2c(c1)CCCC2N. The van der Waals surface area contributed by atoms with Crippen LogP contribution in [0.5, 0.6) is 0 Å². The zero-order chi connectivity index (χ0) is 24.8. The molecule has 0 radical (unpaired) electrons. The van der Waals surface area contributed by atoms with Gasteiger partial charge in [-0.15, -0.1) is 0 Å². The maximum Gasteiger partial charge on any atom is 0.435 e. The number of carbonyl (C=O) groups excluding carboxylic acids is 1. The lowest BCUT2D eigenvalue weighted by molar-refractivity contribution is -0.348. The van der Waals surface area contributed by atoms with Crippen molar-refractivity contribution in [3.63, 3.8) is 0 Å². The minimum Gasteiger partial charge on any atom is -0.324 e. The van der Waals surface area contributed by atoms with Gasteiger partial charge >= 0.3 is 18.0 Å². The van der Waals surface area contributed by atoms with Gasteiger partial charge in [0, 0.05) is 22.9 Å². The highest BCUT2D eigenvalue weighted by Gasteiger charge is 2.73. The van der Waals surface area contributed by atoms with Gasteiger partial charge in [-0.25, -0.2) is 4.39 Å². The molecule has 1 unspecified atom stereocenters. The number of rotatable bonds is 4. The van der Waals surface area contributed by atoms with Gasteiger partial charge in [-0.1, -0.05) is 19.1 Å². The highest BCUT2D eigenvalue weighted by Crippen LogP contribution is 2.53. The Bertz CT molecular complexity index is 1050. The van der Waals surface area contributed by atoms with Crippen LogP contribution in [0, 0.1) is 6.92 Å². The van der Waals surface area contributed by atoms with E-state index in [1.165, 1.54) is 13.8 Å². The third kappa shape index (κ3) is 4.45. The van der Waals surface area contributed by atoms with Crippen LogP contribution >= 0.6 is 0 Å². The van der Waals surface area contributed by atoms with Crippen molar-refractivity contribution in [1.29, 1.82) is 0 Å². The summed E-state index contributed by atoms with van der Waals surface area (Å²) in [6.07, 6.45) is -10.0. The van der Waals surface area contributed by atoms with Crippen LogP contribution in [0.25, 0.3) is 0 Å². The molecule has 1 atom stereocenters. The third-order valence-corrected chi connectivity index (χ3v) is 5.98. The molecule has 0 aliphatic heterocycles. The van der Waals surface area contributed by atoms with Crippen LogP contribution in [0.2, 0.25) is 0 Å². The van der Waals surface area contributed by atoms with Crippen LogP contribution in [-0.2, 0) is 18.5 Å². The fourth-order valence-electron chi connectivity index (χ4n) is 4.18. The van der Waals surface area contributed by atoms with Crippen molar-refractivity contribution in [2.45, 2.75) is 63.6 Å². The Labute approximate surface area is 186 Å². The van der Waals surface area contributed by atoms with Crippen molar-refractivity contribution in [2.24, 2.45) is 5.73 Å². The van der Waals surface area contributed by atoms with Crippen molar-refractivity contribution in [3.05, 3.63) is 63.7 Å². The summed E-state index contributed by atoms with van der Waals surface area (Å²) in [5, 5.41) is 2.57. The minimum atomic E-state index is -6.21. The van der Waals surface area contributed by atoms with Crippen LogP contribution in [0.1, 0.15) is 64.0 Å². The molecule has 1 amide bonds. The molecule has 33 heavy (non-hydrogen) atoms. The molecule has 0 heterocycles. The van der Waals surface area contributed by atoms with Crippen LogP contribution in [0.3, 0.4) is 0 Å². The number of halogens is 7. The van der Waals surface area contributed by atoms with Crippen LogP contribution in [0.15, 0.2) is 30.3 Å². The molecule has 1 aliphatic carbocycles. The average Bonchev–Trinajstić information content (AvgIpc) is 2.72. The smallest absolute Gasteiger partial charge is 0.324 e. The largest absolute Gasteiger partial charge is 0.435 e. The van der Waals surface area contributed by atoms with Gasteiger partial charge in [-0.3, -0.25) is 4.79 Å². The zero-order valence-corrected chi connectivity index (χ0v) is 17.9. The fraction of sp³-hybridized carbons (Fsp3) is 0.435. The fourth-order valence-corrected chi connectivity index (χ4v) is 4.18. The van der Waals surface area contributed by atoms with E-state index in [1.54, 1.807) is 18.2 Å². The molecule has 0 bridgehead atoms. The van der Waals surface area contributed by atoms with E-state index in [0.717, 1.165) is 30.4 Å². The lowest BCUT2D eigenvalue weighted by Gasteiger charge is -2.31. The van der Waals surface area contributed by atoms with E-state index in [9.17, 15) is 35.5 Å². The molecule has 0 fully saturated rings. The number of nitrogens with one attached hydrogen (secondary N) is 1. The predicted octanol–water partition coefficient (Wildman–Crippen LogP) is 6.44. The summed E-state index contributed by atoms with van der Waals surface area (Å²) in [6, 6.07) is 5.84. The summed E-state index contributed by atoms with van der Waals surface area (Å²) in [5.74, 6) is -0.583. The van der Waals surface area contributed by atoms with E-state index in [4.69, 9.17) is 5.73 Å². The quantitative estimate of drug-likeness (QED) is 0.500. The zero-order valence-electron chi connectivity index (χ0n) is 17.9. The number of aryl methyl sites for hydroxylation is 3. The Balaban J connectivity index is 1.99. The van der Waals surface area contributed by atoms with Crippen molar-refractivity contribution in [3.8, 4) is 0 Å². The van der Waals surface area contributed by atoms with Gasteiger partial charge in [0.1, 0.15) is 0 Å². The predicted molar refractivity (Wildman–Crippen MR) is 110 cm³/mol. The molecule has 3 nitrogen and oxygen atoms in total. The third-order valence-electron chi connectivity index (χ3n) is 5.98. The van der Waals surface area contributed by atoms with Gasteiger partial charge in [-0.2, -0.15) is 26.3 Å². The molecule has 0 spiro atoms. The summed E-state index contributed by atoms with van der Waals surface area (Å²) >= 11 is 0. The first-order chi connectivity index (χ1) is 15.2. The Morgan fingerprint density at radius 2 is 1.70 bits per heavy atom. The number of benzene rings is 2. The van der Waals surface area contributed by atoms with Gasteiger partial charge in [-0.05, 0) is 73.1 Å². The molecule has 3 rings (SSSR count). The van der Waals surface area contributed by atoms with E-state index < -0.39 is 29.5 Å². The second-order valence-electron chi connectivity index (χ2n) is 8.20. The van der Waals surface area contributed by atoms with Crippen molar-refractivity contribution < 1.29 is 35.5 Å². The molecule has 1 aliphatic rings. The first-order valence-corrected chi connectivity index (χ1v) is 10.4. The van der Waals surface area contributed by atoms with E-state index in [1.807, 2.05) is 0 Å². The Kier molecular flexibility index (Phi) is 6.54. The van der Waals surface area contributed by atoms with Crippen molar-refractivity contribution >= 4 is 11.6 Å². The summed E-state index contributed by atoms with van der Waals surface area (Å²) in [4.78, 5) is 12.8. The lowest BCUT2D eigenvalue weighted by atomic mass is 9.87. The van der Waals surface area contributed by atoms with E-state index in [-0.39, 0.29) is 34.8 Å². The Morgan fingerprint density at radius 3 is 2.27 bits per heavy atom. The van der Waals surface area contributed by atoms with E-state index in [0.29, 0.717) is 12.1 Å². The molecule has 3 N–H and O–H groups in total. The van der Waals surface area contributed by atoms with Gasteiger partial charge < -0.3 is 11.1 Å². The number of alkyl halides is 7. The van der Waals surface area contributed by atoms with E-state index >= 15 is 0 Å². The average molecular weight is 476 g/mol. The number of nitrogens with two attached hydrogens (primary N) is 1. The monoisotopic (exact) mass is 476 g/mol. The van der Waals surface area contributed by atoms with Crippen LogP contribution in [0.4, 0.5) is 36.4 Å². The second kappa shape index (κ2) is 8.62. The van der Waals surface area contributed by atoms with Crippen molar-refractivity contribution in [1.82, 2.24) is 0 Å². The molecule has 10 heteroatoms. The van der Waals surface area contributed by atoms with Gasteiger partial charge in [0.25, 0.3) is 5.91 Å².